The van der Waals surface area contributed by atoms with Gasteiger partial charge in [-0.2, -0.15) is 0 Å². The van der Waals surface area contributed by atoms with E-state index < -0.39 is 12.2 Å². The van der Waals surface area contributed by atoms with Crippen molar-refractivity contribution in [2.75, 3.05) is 18.5 Å². The first-order valence-corrected chi connectivity index (χ1v) is 11.5. The summed E-state index contributed by atoms with van der Waals surface area (Å²) in [7, 11) is 0. The first-order valence-electron chi connectivity index (χ1n) is 11.5. The zero-order valence-corrected chi connectivity index (χ0v) is 18.7. The molecule has 1 N–H and O–H groups in total. The molecule has 0 spiro atoms. The number of benzene rings is 3. The van der Waals surface area contributed by atoms with Gasteiger partial charge in [0, 0.05) is 11.3 Å². The third-order valence-corrected chi connectivity index (χ3v) is 6.32. The SMILES string of the molecule is O=C(Nc1ccccc1)OC1COC2C1OCC2n1nnnc1-c1ccc(-c2ccccc2)cc1. The maximum absolute atomic E-state index is 12.4. The Morgan fingerprint density at radius 2 is 1.49 bits per heavy atom. The molecule has 0 saturated carbocycles. The van der Waals surface area contributed by atoms with Gasteiger partial charge in [0.05, 0.1) is 13.2 Å². The summed E-state index contributed by atoms with van der Waals surface area (Å²) in [5.41, 5.74) is 3.82. The molecule has 0 aliphatic carbocycles. The van der Waals surface area contributed by atoms with Crippen molar-refractivity contribution in [3.63, 3.8) is 0 Å². The quantitative estimate of drug-likeness (QED) is 0.472. The highest BCUT2D eigenvalue weighted by atomic mass is 16.6. The third-order valence-electron chi connectivity index (χ3n) is 6.32. The van der Waals surface area contributed by atoms with Gasteiger partial charge in [-0.25, -0.2) is 9.48 Å². The predicted molar refractivity (Wildman–Crippen MR) is 128 cm³/mol. The van der Waals surface area contributed by atoms with E-state index >= 15 is 0 Å². The van der Waals surface area contributed by atoms with E-state index in [0.717, 1.165) is 16.7 Å². The number of hydrogen-bond acceptors (Lipinski definition) is 7. The summed E-state index contributed by atoms with van der Waals surface area (Å²) < 4.78 is 19.3. The Kier molecular flexibility index (Phi) is 5.69. The highest BCUT2D eigenvalue weighted by Crippen LogP contribution is 2.37. The van der Waals surface area contributed by atoms with Gasteiger partial charge < -0.3 is 14.2 Å². The molecule has 9 nitrogen and oxygen atoms in total. The van der Waals surface area contributed by atoms with Gasteiger partial charge >= 0.3 is 6.09 Å². The summed E-state index contributed by atoms with van der Waals surface area (Å²) in [6.07, 6.45) is -1.77. The fourth-order valence-electron chi connectivity index (χ4n) is 4.61. The molecule has 2 aliphatic heterocycles. The van der Waals surface area contributed by atoms with E-state index in [9.17, 15) is 4.79 Å². The van der Waals surface area contributed by atoms with Gasteiger partial charge in [0.2, 0.25) is 0 Å². The molecular formula is C26H23N5O4. The van der Waals surface area contributed by atoms with Crippen LogP contribution in [-0.2, 0) is 14.2 Å². The lowest BCUT2D eigenvalue weighted by Gasteiger charge is -2.18. The molecule has 4 atom stereocenters. The number of hydrogen-bond donors (Lipinski definition) is 1. The Morgan fingerprint density at radius 1 is 0.829 bits per heavy atom. The first kappa shape index (κ1) is 21.5. The number of anilines is 1. The van der Waals surface area contributed by atoms with Gasteiger partial charge in [-0.3, -0.25) is 5.32 Å². The van der Waals surface area contributed by atoms with Crippen molar-refractivity contribution in [1.82, 2.24) is 20.2 Å². The van der Waals surface area contributed by atoms with E-state index in [-0.39, 0.29) is 24.9 Å². The Bertz CT molecular complexity index is 1300. The maximum Gasteiger partial charge on any atom is 0.412 e. The molecule has 9 heteroatoms. The number of nitrogens with zero attached hydrogens (tertiary/aromatic N) is 4. The number of aromatic nitrogens is 4. The van der Waals surface area contributed by atoms with Gasteiger partial charge in [0.25, 0.3) is 0 Å². The second-order valence-corrected chi connectivity index (χ2v) is 8.49. The molecule has 0 radical (unpaired) electrons. The average Bonchev–Trinajstić information content (AvgIpc) is 3.63. The van der Waals surface area contributed by atoms with Crippen molar-refractivity contribution in [2.45, 2.75) is 24.4 Å². The Balaban J connectivity index is 1.15. The van der Waals surface area contributed by atoms with Gasteiger partial charge in [0.1, 0.15) is 18.2 Å². The zero-order valence-electron chi connectivity index (χ0n) is 18.7. The van der Waals surface area contributed by atoms with Crippen LogP contribution in [0.25, 0.3) is 22.5 Å². The lowest BCUT2D eigenvalue weighted by atomic mass is 10.0. The molecule has 3 heterocycles. The van der Waals surface area contributed by atoms with E-state index in [2.05, 4.69) is 45.1 Å². The van der Waals surface area contributed by atoms with Crippen LogP contribution in [0.1, 0.15) is 6.04 Å². The minimum atomic E-state index is -0.542. The monoisotopic (exact) mass is 469 g/mol. The number of fused-ring (bicyclic) bond motifs is 1. The van der Waals surface area contributed by atoms with Crippen LogP contribution in [0.2, 0.25) is 0 Å². The van der Waals surface area contributed by atoms with Gasteiger partial charge in [-0.1, -0.05) is 72.8 Å². The lowest BCUT2D eigenvalue weighted by molar-refractivity contribution is 0.00774. The fourth-order valence-corrected chi connectivity index (χ4v) is 4.61. The summed E-state index contributed by atoms with van der Waals surface area (Å²) in [6, 6.07) is 27.2. The lowest BCUT2D eigenvalue weighted by Crippen LogP contribution is -2.35. The predicted octanol–water partition coefficient (Wildman–Crippen LogP) is 3.96. The van der Waals surface area contributed by atoms with E-state index in [1.807, 2.05) is 48.5 Å². The van der Waals surface area contributed by atoms with Crippen molar-refractivity contribution < 1.29 is 19.0 Å². The molecule has 0 bridgehead atoms. The van der Waals surface area contributed by atoms with Gasteiger partial charge in [0.15, 0.2) is 11.9 Å². The molecular weight excluding hydrogens is 446 g/mol. The number of tetrazole rings is 1. The third kappa shape index (κ3) is 4.27. The number of rotatable bonds is 5. The van der Waals surface area contributed by atoms with E-state index in [4.69, 9.17) is 14.2 Å². The Labute approximate surface area is 201 Å². The molecule has 2 saturated heterocycles. The first-order chi connectivity index (χ1) is 17.3. The van der Waals surface area contributed by atoms with Crippen molar-refractivity contribution in [3.8, 4) is 22.5 Å². The molecule has 2 aliphatic rings. The molecule has 4 unspecified atom stereocenters. The zero-order chi connectivity index (χ0) is 23.6. The van der Waals surface area contributed by atoms with Crippen molar-refractivity contribution in [2.24, 2.45) is 0 Å². The molecule has 2 fully saturated rings. The van der Waals surface area contributed by atoms with E-state index in [0.29, 0.717) is 18.1 Å². The molecule has 176 valence electrons. The number of ether oxygens (including phenoxy) is 3. The molecule has 6 rings (SSSR count). The largest absolute Gasteiger partial charge is 0.441 e. The van der Waals surface area contributed by atoms with Crippen LogP contribution < -0.4 is 5.32 Å². The highest BCUT2D eigenvalue weighted by Gasteiger charge is 2.51. The van der Waals surface area contributed by atoms with E-state index in [1.165, 1.54) is 0 Å². The van der Waals surface area contributed by atoms with Crippen LogP contribution in [-0.4, -0.2) is 57.8 Å². The Morgan fingerprint density at radius 3 is 2.26 bits per heavy atom. The summed E-state index contributed by atoms with van der Waals surface area (Å²) >= 11 is 0. The van der Waals surface area contributed by atoms with Crippen LogP contribution in [0, 0.1) is 0 Å². The fraction of sp³-hybridized carbons (Fsp3) is 0.231. The summed E-state index contributed by atoms with van der Waals surface area (Å²) in [6.45, 7) is 0.604. The molecule has 1 amide bonds. The topological polar surface area (TPSA) is 100 Å². The molecule has 3 aromatic carbocycles. The van der Waals surface area contributed by atoms with Crippen molar-refractivity contribution in [1.29, 1.82) is 0 Å². The van der Waals surface area contributed by atoms with Crippen LogP contribution in [0.15, 0.2) is 84.9 Å². The van der Waals surface area contributed by atoms with Crippen molar-refractivity contribution in [3.05, 3.63) is 84.9 Å². The minimum absolute atomic E-state index is 0.232. The number of carbonyl (C=O) groups is 1. The van der Waals surface area contributed by atoms with E-state index in [1.54, 1.807) is 16.8 Å². The number of carbonyl (C=O) groups excluding carboxylic acids is 1. The summed E-state index contributed by atoms with van der Waals surface area (Å²) in [4.78, 5) is 12.4. The number of amides is 1. The van der Waals surface area contributed by atoms with Crippen molar-refractivity contribution >= 4 is 11.8 Å². The van der Waals surface area contributed by atoms with Crippen LogP contribution in [0.4, 0.5) is 10.5 Å². The standard InChI is InChI=1S/C26H23N5O4/c32-26(27-20-9-5-2-6-10-20)35-22-16-34-23-21(15-33-24(22)23)31-25(28-29-30-31)19-13-11-18(12-14-19)17-7-3-1-4-8-17/h1-14,21-24H,15-16H2,(H,27,32). The summed E-state index contributed by atoms with van der Waals surface area (Å²) in [5.74, 6) is 0.633. The van der Waals surface area contributed by atoms with Gasteiger partial charge in [-0.15, -0.1) is 5.10 Å². The molecule has 35 heavy (non-hydrogen) atoms. The maximum atomic E-state index is 12.4. The number of para-hydroxylation sites is 1. The molecule has 4 aromatic rings. The highest BCUT2D eigenvalue weighted by molar-refractivity contribution is 5.84. The minimum Gasteiger partial charge on any atom is -0.441 e. The Hall–Kier alpha value is -4.08. The second kappa shape index (κ2) is 9.28. The van der Waals surface area contributed by atoms with Crippen LogP contribution in [0.3, 0.4) is 0 Å². The average molecular weight is 470 g/mol. The second-order valence-electron chi connectivity index (χ2n) is 8.49. The van der Waals surface area contributed by atoms with Crippen LogP contribution >= 0.6 is 0 Å². The molecule has 1 aromatic heterocycles. The van der Waals surface area contributed by atoms with Crippen LogP contribution in [0.5, 0.6) is 0 Å². The normalized spacial score (nSPS) is 23.1. The number of nitrogens with one attached hydrogen (secondary N) is 1. The van der Waals surface area contributed by atoms with Gasteiger partial charge in [-0.05, 0) is 33.7 Å². The smallest absolute Gasteiger partial charge is 0.412 e. The summed E-state index contributed by atoms with van der Waals surface area (Å²) in [5, 5.41) is 15.1.